The Hall–Kier alpha value is -2.44. The number of halogens is 1. The van der Waals surface area contributed by atoms with Crippen LogP contribution < -0.4 is 4.90 Å². The van der Waals surface area contributed by atoms with Crippen molar-refractivity contribution in [1.82, 2.24) is 9.80 Å². The summed E-state index contributed by atoms with van der Waals surface area (Å²) in [7, 11) is 1.46. The van der Waals surface area contributed by atoms with E-state index in [0.717, 1.165) is 58.7 Å². The topological polar surface area (TPSA) is 36.0 Å². The molecule has 6 heteroatoms. The molecule has 33 heavy (non-hydrogen) atoms. The van der Waals surface area contributed by atoms with E-state index in [1.165, 1.54) is 24.3 Å². The van der Waals surface area contributed by atoms with Gasteiger partial charge in [0.1, 0.15) is 5.82 Å². The summed E-state index contributed by atoms with van der Waals surface area (Å²) in [6.45, 7) is 8.63. The molecular weight excluding hydrogens is 417 g/mol. The van der Waals surface area contributed by atoms with E-state index in [4.69, 9.17) is 4.74 Å². The van der Waals surface area contributed by atoms with Crippen LogP contribution in [0.25, 0.3) is 0 Å². The lowest BCUT2D eigenvalue weighted by molar-refractivity contribution is -0.141. The zero-order valence-corrected chi connectivity index (χ0v) is 19.9. The van der Waals surface area contributed by atoms with Crippen LogP contribution in [0.4, 0.5) is 10.1 Å². The van der Waals surface area contributed by atoms with Gasteiger partial charge < -0.3 is 9.64 Å². The van der Waals surface area contributed by atoms with Gasteiger partial charge in [0.05, 0.1) is 12.8 Å². The lowest BCUT2D eigenvalue weighted by Crippen LogP contribution is -2.56. The lowest BCUT2D eigenvalue weighted by atomic mass is 9.86. The monoisotopic (exact) mass is 453 g/mol. The minimum atomic E-state index is -0.147. The number of hydrogen-bond acceptors (Lipinski definition) is 5. The smallest absolute Gasteiger partial charge is 0.305 e. The molecule has 2 aliphatic heterocycles. The normalized spacial score (nSPS) is 22.3. The SMILES string of the molecule is COC(=O)CC[C@H]1CN(Cc2cccc(C)c2)CC[C@H]1N1CCN(c2ccccc2F)CC1. The van der Waals surface area contributed by atoms with Crippen LogP contribution in [0.2, 0.25) is 0 Å². The van der Waals surface area contributed by atoms with Gasteiger partial charge in [-0.2, -0.15) is 0 Å². The van der Waals surface area contributed by atoms with Gasteiger partial charge in [-0.25, -0.2) is 4.39 Å². The zero-order valence-electron chi connectivity index (χ0n) is 19.9. The van der Waals surface area contributed by atoms with Crippen molar-refractivity contribution in [3.63, 3.8) is 0 Å². The molecule has 0 amide bonds. The van der Waals surface area contributed by atoms with Crippen molar-refractivity contribution in [3.05, 3.63) is 65.5 Å². The van der Waals surface area contributed by atoms with Gasteiger partial charge in [0.2, 0.25) is 0 Å². The minimum absolute atomic E-state index is 0.131. The highest BCUT2D eigenvalue weighted by Gasteiger charge is 2.35. The molecule has 0 spiro atoms. The third-order valence-electron chi connectivity index (χ3n) is 7.19. The molecule has 2 atom stereocenters. The first-order valence-corrected chi connectivity index (χ1v) is 12.1. The number of ether oxygens (including phenoxy) is 1. The third kappa shape index (κ3) is 6.12. The maximum Gasteiger partial charge on any atom is 0.305 e. The Morgan fingerprint density at radius 2 is 1.85 bits per heavy atom. The molecule has 2 fully saturated rings. The molecule has 0 saturated carbocycles. The van der Waals surface area contributed by atoms with Crippen molar-refractivity contribution in [2.45, 2.75) is 38.8 Å². The summed E-state index contributed by atoms with van der Waals surface area (Å²) in [6.07, 6.45) is 2.40. The zero-order chi connectivity index (χ0) is 23.2. The van der Waals surface area contributed by atoms with E-state index in [1.807, 2.05) is 12.1 Å². The number of carbonyl (C=O) groups excluding carboxylic acids is 1. The lowest BCUT2D eigenvalue weighted by Gasteiger charge is -2.47. The number of piperazine rings is 1. The highest BCUT2D eigenvalue weighted by atomic mass is 19.1. The summed E-state index contributed by atoms with van der Waals surface area (Å²) >= 11 is 0. The summed E-state index contributed by atoms with van der Waals surface area (Å²) in [5.41, 5.74) is 3.34. The Morgan fingerprint density at radius 1 is 1.06 bits per heavy atom. The van der Waals surface area contributed by atoms with Crippen molar-refractivity contribution in [1.29, 1.82) is 0 Å². The number of nitrogens with zero attached hydrogens (tertiary/aromatic N) is 3. The second-order valence-electron chi connectivity index (χ2n) is 9.43. The van der Waals surface area contributed by atoms with Crippen molar-refractivity contribution in [2.24, 2.45) is 5.92 Å². The number of rotatable bonds is 7. The van der Waals surface area contributed by atoms with Crippen LogP contribution in [-0.4, -0.2) is 68.2 Å². The number of benzene rings is 2. The molecule has 2 saturated heterocycles. The molecular formula is C27H36FN3O2. The Labute approximate surface area is 197 Å². The minimum Gasteiger partial charge on any atom is -0.469 e. The molecule has 0 aromatic heterocycles. The number of likely N-dealkylation sites (tertiary alicyclic amines) is 1. The molecule has 0 radical (unpaired) electrons. The molecule has 178 valence electrons. The van der Waals surface area contributed by atoms with Crippen LogP contribution in [0.15, 0.2) is 48.5 Å². The van der Waals surface area contributed by atoms with Crippen LogP contribution in [-0.2, 0) is 16.1 Å². The predicted octanol–water partition coefficient (Wildman–Crippen LogP) is 4.10. The number of methoxy groups -OCH3 is 1. The van der Waals surface area contributed by atoms with Gasteiger partial charge >= 0.3 is 5.97 Å². The molecule has 2 aromatic carbocycles. The largest absolute Gasteiger partial charge is 0.469 e. The number of anilines is 1. The molecule has 0 N–H and O–H groups in total. The van der Waals surface area contributed by atoms with E-state index in [2.05, 4.69) is 45.9 Å². The maximum absolute atomic E-state index is 14.2. The second kappa shape index (κ2) is 11.1. The van der Waals surface area contributed by atoms with E-state index in [-0.39, 0.29) is 11.8 Å². The Kier molecular flexibility index (Phi) is 7.99. The molecule has 4 rings (SSSR count). The van der Waals surface area contributed by atoms with E-state index in [0.29, 0.717) is 24.1 Å². The molecule has 0 aliphatic carbocycles. The highest BCUT2D eigenvalue weighted by molar-refractivity contribution is 5.69. The first-order valence-electron chi connectivity index (χ1n) is 12.1. The van der Waals surface area contributed by atoms with Crippen LogP contribution >= 0.6 is 0 Å². The Morgan fingerprint density at radius 3 is 2.58 bits per heavy atom. The average Bonchev–Trinajstić information content (AvgIpc) is 2.83. The van der Waals surface area contributed by atoms with E-state index >= 15 is 0 Å². The molecule has 2 heterocycles. The number of esters is 1. The number of para-hydroxylation sites is 1. The first-order chi connectivity index (χ1) is 16.0. The predicted molar refractivity (Wildman–Crippen MR) is 130 cm³/mol. The van der Waals surface area contributed by atoms with Crippen LogP contribution in [0.5, 0.6) is 0 Å². The molecule has 2 aliphatic rings. The maximum atomic E-state index is 14.2. The number of carbonyl (C=O) groups is 1. The molecule has 5 nitrogen and oxygen atoms in total. The summed E-state index contributed by atoms with van der Waals surface area (Å²) in [5.74, 6) is 0.142. The van der Waals surface area contributed by atoms with Crippen LogP contribution in [0, 0.1) is 18.7 Å². The van der Waals surface area contributed by atoms with Gasteiger partial charge in [0.15, 0.2) is 0 Å². The molecule has 2 aromatic rings. The standard InChI is InChI=1S/C27H36FN3O2/c1-21-6-5-7-22(18-21)19-29-13-12-25(23(20-29)10-11-27(32)33-2)30-14-16-31(17-15-30)26-9-4-3-8-24(26)28/h3-9,18,23,25H,10-17,19-20H2,1-2H3/t23-,25+/m0/s1. The molecule has 0 bridgehead atoms. The van der Waals surface area contributed by atoms with Crippen molar-refractivity contribution in [2.75, 3.05) is 51.3 Å². The van der Waals surface area contributed by atoms with E-state index in [1.54, 1.807) is 6.07 Å². The molecule has 0 unspecified atom stereocenters. The highest BCUT2D eigenvalue weighted by Crippen LogP contribution is 2.29. The van der Waals surface area contributed by atoms with Crippen molar-refractivity contribution >= 4 is 11.7 Å². The van der Waals surface area contributed by atoms with Gasteiger partial charge in [-0.05, 0) is 49.9 Å². The van der Waals surface area contributed by atoms with Crippen LogP contribution in [0.3, 0.4) is 0 Å². The summed E-state index contributed by atoms with van der Waals surface area (Å²) in [5, 5.41) is 0. The van der Waals surface area contributed by atoms with Gasteiger partial charge in [0.25, 0.3) is 0 Å². The van der Waals surface area contributed by atoms with Gasteiger partial charge in [-0.1, -0.05) is 42.0 Å². The Bertz CT molecular complexity index is 929. The Balaban J connectivity index is 1.39. The van der Waals surface area contributed by atoms with Crippen molar-refractivity contribution in [3.8, 4) is 0 Å². The van der Waals surface area contributed by atoms with Crippen LogP contribution in [0.1, 0.15) is 30.4 Å². The van der Waals surface area contributed by atoms with Gasteiger partial charge in [-0.15, -0.1) is 0 Å². The average molecular weight is 454 g/mol. The third-order valence-corrected chi connectivity index (χ3v) is 7.19. The quantitative estimate of drug-likeness (QED) is 0.590. The van der Waals surface area contributed by atoms with Gasteiger partial charge in [0, 0.05) is 51.7 Å². The summed E-state index contributed by atoms with van der Waals surface area (Å²) < 4.78 is 19.2. The fraction of sp³-hybridized carbons (Fsp3) is 0.519. The van der Waals surface area contributed by atoms with E-state index in [9.17, 15) is 9.18 Å². The summed E-state index contributed by atoms with van der Waals surface area (Å²) in [4.78, 5) is 19.1. The second-order valence-corrected chi connectivity index (χ2v) is 9.43. The van der Waals surface area contributed by atoms with Gasteiger partial charge in [-0.3, -0.25) is 14.6 Å². The van der Waals surface area contributed by atoms with Crippen molar-refractivity contribution < 1.29 is 13.9 Å². The number of piperidine rings is 1. The number of hydrogen-bond donors (Lipinski definition) is 0. The first kappa shape index (κ1) is 23.7. The van der Waals surface area contributed by atoms with E-state index < -0.39 is 0 Å². The summed E-state index contributed by atoms with van der Waals surface area (Å²) in [6, 6.07) is 16.2. The fourth-order valence-electron chi connectivity index (χ4n) is 5.48. The number of aryl methyl sites for hydroxylation is 1. The fourth-order valence-corrected chi connectivity index (χ4v) is 5.48.